The number of allylic oxidation sites excluding steroid dienone is 1. The monoisotopic (exact) mass is 265 g/mol. The maximum Gasteiger partial charge on any atom is 0.251 e. The fraction of sp³-hybridized carbons (Fsp3) is 0.250. The quantitative estimate of drug-likeness (QED) is 0.837. The van der Waals surface area contributed by atoms with Crippen LogP contribution in [0, 0.1) is 0 Å². The van der Waals surface area contributed by atoms with Crippen LogP contribution in [0.3, 0.4) is 0 Å². The van der Waals surface area contributed by atoms with Crippen LogP contribution in [0.1, 0.15) is 18.9 Å². The van der Waals surface area contributed by atoms with E-state index in [1.807, 2.05) is 29.4 Å². The normalized spacial score (nSPS) is 25.5. The van der Waals surface area contributed by atoms with Crippen LogP contribution in [0.25, 0.3) is 11.0 Å². The lowest BCUT2D eigenvalue weighted by Crippen LogP contribution is -2.45. The molecule has 0 bridgehead atoms. The van der Waals surface area contributed by atoms with Crippen LogP contribution in [-0.4, -0.2) is 26.4 Å². The van der Waals surface area contributed by atoms with E-state index in [1.54, 1.807) is 12.2 Å². The number of carbonyl (C=O) groups excluding carboxylic acids is 1. The molecule has 1 aliphatic heterocycles. The van der Waals surface area contributed by atoms with Crippen LogP contribution in [0.4, 0.5) is 0 Å². The summed E-state index contributed by atoms with van der Waals surface area (Å²) < 4.78 is 2.22. The summed E-state index contributed by atoms with van der Waals surface area (Å²) in [7, 11) is 0. The lowest BCUT2D eigenvalue weighted by molar-refractivity contribution is -0.127. The summed E-state index contributed by atoms with van der Waals surface area (Å²) in [6, 6.07) is 8.85. The van der Waals surface area contributed by atoms with Gasteiger partial charge in [0.1, 0.15) is 0 Å². The SMILES string of the molecule is C=C1C=CC(=O)N1C1CC(n2cnc3ccccc32)C1. The zero-order valence-electron chi connectivity index (χ0n) is 11.1. The van der Waals surface area contributed by atoms with E-state index in [9.17, 15) is 4.79 Å². The highest BCUT2D eigenvalue weighted by Gasteiger charge is 2.39. The van der Waals surface area contributed by atoms with Crippen LogP contribution >= 0.6 is 0 Å². The minimum atomic E-state index is 0.0638. The number of imidazole rings is 1. The van der Waals surface area contributed by atoms with Gasteiger partial charge in [-0.05, 0) is 31.1 Å². The average molecular weight is 265 g/mol. The van der Waals surface area contributed by atoms with Crippen molar-refractivity contribution in [2.24, 2.45) is 0 Å². The fourth-order valence-corrected chi connectivity index (χ4v) is 3.15. The van der Waals surface area contributed by atoms with Crippen LogP contribution in [0.2, 0.25) is 0 Å². The number of nitrogens with zero attached hydrogens (tertiary/aromatic N) is 3. The van der Waals surface area contributed by atoms with Crippen molar-refractivity contribution in [1.82, 2.24) is 14.5 Å². The highest BCUT2D eigenvalue weighted by atomic mass is 16.2. The maximum absolute atomic E-state index is 11.8. The number of carbonyl (C=O) groups is 1. The zero-order chi connectivity index (χ0) is 13.7. The van der Waals surface area contributed by atoms with Crippen molar-refractivity contribution in [3.63, 3.8) is 0 Å². The molecule has 20 heavy (non-hydrogen) atoms. The highest BCUT2D eigenvalue weighted by Crippen LogP contribution is 2.40. The summed E-state index contributed by atoms with van der Waals surface area (Å²) >= 11 is 0. The molecule has 0 radical (unpaired) electrons. The number of fused-ring (bicyclic) bond motifs is 1. The minimum absolute atomic E-state index is 0.0638. The van der Waals surface area contributed by atoms with Crippen molar-refractivity contribution < 1.29 is 4.79 Å². The van der Waals surface area contributed by atoms with Crippen LogP contribution in [0.5, 0.6) is 0 Å². The first kappa shape index (κ1) is 11.5. The Morgan fingerprint density at radius 2 is 1.95 bits per heavy atom. The van der Waals surface area contributed by atoms with E-state index in [4.69, 9.17) is 0 Å². The number of benzene rings is 1. The van der Waals surface area contributed by atoms with E-state index in [1.165, 1.54) is 5.52 Å². The molecule has 4 heteroatoms. The standard InChI is InChI=1S/C16H15N3O/c1-11-6-7-16(20)19(11)13-8-12(9-13)18-10-17-14-4-2-3-5-15(14)18/h2-7,10,12-13H,1,8-9H2. The van der Waals surface area contributed by atoms with E-state index < -0.39 is 0 Å². The van der Waals surface area contributed by atoms with Crippen molar-refractivity contribution >= 4 is 16.9 Å². The van der Waals surface area contributed by atoms with Crippen molar-refractivity contribution in [2.75, 3.05) is 0 Å². The molecule has 1 aliphatic carbocycles. The Morgan fingerprint density at radius 1 is 1.15 bits per heavy atom. The molecule has 100 valence electrons. The molecule has 1 fully saturated rings. The molecule has 0 unspecified atom stereocenters. The largest absolute Gasteiger partial charge is 0.327 e. The van der Waals surface area contributed by atoms with E-state index in [0.717, 1.165) is 24.1 Å². The summed E-state index contributed by atoms with van der Waals surface area (Å²) in [6.45, 7) is 3.93. The molecule has 0 N–H and O–H groups in total. The van der Waals surface area contributed by atoms with E-state index >= 15 is 0 Å². The lowest BCUT2D eigenvalue weighted by Gasteiger charge is -2.42. The van der Waals surface area contributed by atoms with Gasteiger partial charge in [0.05, 0.1) is 17.4 Å². The second-order valence-electron chi connectivity index (χ2n) is 5.45. The Morgan fingerprint density at radius 3 is 2.70 bits per heavy atom. The van der Waals surface area contributed by atoms with Gasteiger partial charge in [0.2, 0.25) is 0 Å². The van der Waals surface area contributed by atoms with Crippen molar-refractivity contribution in [3.8, 4) is 0 Å². The van der Waals surface area contributed by atoms with E-state index in [2.05, 4.69) is 22.2 Å². The number of hydrogen-bond donors (Lipinski definition) is 0. The Hall–Kier alpha value is -2.36. The molecule has 1 saturated carbocycles. The number of hydrogen-bond acceptors (Lipinski definition) is 2. The van der Waals surface area contributed by atoms with Gasteiger partial charge in [-0.15, -0.1) is 0 Å². The molecule has 0 spiro atoms. The highest BCUT2D eigenvalue weighted by molar-refractivity contribution is 5.93. The first-order chi connectivity index (χ1) is 9.74. The minimum Gasteiger partial charge on any atom is -0.327 e. The molecule has 1 amide bonds. The van der Waals surface area contributed by atoms with Crippen LogP contribution < -0.4 is 0 Å². The summed E-state index contributed by atoms with van der Waals surface area (Å²) in [6.07, 6.45) is 7.23. The topological polar surface area (TPSA) is 38.1 Å². The van der Waals surface area contributed by atoms with Crippen molar-refractivity contribution in [3.05, 3.63) is 55.0 Å². The van der Waals surface area contributed by atoms with Gasteiger partial charge >= 0.3 is 0 Å². The Labute approximate surface area is 117 Å². The maximum atomic E-state index is 11.8. The second kappa shape index (κ2) is 4.07. The smallest absolute Gasteiger partial charge is 0.251 e. The summed E-state index contributed by atoms with van der Waals surface area (Å²) in [5.74, 6) is 0.0638. The van der Waals surface area contributed by atoms with Gasteiger partial charge in [-0.1, -0.05) is 18.7 Å². The van der Waals surface area contributed by atoms with Gasteiger partial charge in [0.15, 0.2) is 0 Å². The number of amides is 1. The number of aromatic nitrogens is 2. The van der Waals surface area contributed by atoms with Crippen LogP contribution in [-0.2, 0) is 4.79 Å². The Bertz CT molecular complexity index is 719. The van der Waals surface area contributed by atoms with Crippen LogP contribution in [0.15, 0.2) is 55.0 Å². The molecular weight excluding hydrogens is 250 g/mol. The average Bonchev–Trinajstić information content (AvgIpc) is 2.96. The number of rotatable bonds is 2. The molecule has 1 aromatic carbocycles. The van der Waals surface area contributed by atoms with E-state index in [0.29, 0.717) is 6.04 Å². The van der Waals surface area contributed by atoms with Gasteiger partial charge < -0.3 is 9.47 Å². The first-order valence-corrected chi connectivity index (χ1v) is 6.86. The molecule has 2 heterocycles. The molecule has 4 nitrogen and oxygen atoms in total. The second-order valence-corrected chi connectivity index (χ2v) is 5.45. The predicted molar refractivity (Wildman–Crippen MR) is 76.9 cm³/mol. The van der Waals surface area contributed by atoms with Crippen molar-refractivity contribution in [2.45, 2.75) is 24.9 Å². The molecular formula is C16H15N3O. The summed E-state index contributed by atoms with van der Waals surface area (Å²) in [5.41, 5.74) is 3.01. The van der Waals surface area contributed by atoms with Gasteiger partial charge in [-0.3, -0.25) is 4.79 Å². The lowest BCUT2D eigenvalue weighted by atomic mass is 9.85. The molecule has 0 atom stereocenters. The van der Waals surface area contributed by atoms with Gasteiger partial charge in [0.25, 0.3) is 5.91 Å². The molecule has 4 rings (SSSR count). The Balaban J connectivity index is 1.54. The molecule has 1 aromatic heterocycles. The van der Waals surface area contributed by atoms with Gasteiger partial charge in [0, 0.05) is 23.9 Å². The third-order valence-corrected chi connectivity index (χ3v) is 4.29. The summed E-state index contributed by atoms with van der Waals surface area (Å²) in [5, 5.41) is 0. The zero-order valence-corrected chi connectivity index (χ0v) is 11.1. The summed E-state index contributed by atoms with van der Waals surface area (Å²) in [4.78, 5) is 18.0. The first-order valence-electron chi connectivity index (χ1n) is 6.86. The van der Waals surface area contributed by atoms with Gasteiger partial charge in [-0.2, -0.15) is 0 Å². The van der Waals surface area contributed by atoms with Gasteiger partial charge in [-0.25, -0.2) is 4.98 Å². The van der Waals surface area contributed by atoms with Crippen molar-refractivity contribution in [1.29, 1.82) is 0 Å². The third kappa shape index (κ3) is 1.54. The van der Waals surface area contributed by atoms with E-state index in [-0.39, 0.29) is 11.9 Å². The third-order valence-electron chi connectivity index (χ3n) is 4.29. The Kier molecular flexibility index (Phi) is 2.33. The molecule has 2 aromatic rings. The fourth-order valence-electron chi connectivity index (χ4n) is 3.15. The number of para-hydroxylation sites is 2. The predicted octanol–water partition coefficient (Wildman–Crippen LogP) is 2.65. The molecule has 0 saturated heterocycles. The molecule has 2 aliphatic rings.